The lowest BCUT2D eigenvalue weighted by atomic mass is 10.1. The zero-order valence-corrected chi connectivity index (χ0v) is 22.5. The summed E-state index contributed by atoms with van der Waals surface area (Å²) in [6, 6.07) is 9.73. The Kier molecular flexibility index (Phi) is 9.71. The Bertz CT molecular complexity index is 1200. The Hall–Kier alpha value is -2.62. The smallest absolute Gasteiger partial charge is 0.244 e. The molecule has 0 aliphatic rings. The van der Waals surface area contributed by atoms with Gasteiger partial charge in [0, 0.05) is 33.8 Å². The van der Waals surface area contributed by atoms with E-state index in [0.29, 0.717) is 21.2 Å². The summed E-state index contributed by atoms with van der Waals surface area (Å²) in [7, 11) is -3.92. The van der Waals surface area contributed by atoms with E-state index in [1.54, 1.807) is 45.0 Å². The van der Waals surface area contributed by atoms with E-state index in [9.17, 15) is 22.8 Å². The molecule has 0 bridgehead atoms. The molecule has 1 atom stereocenters. The van der Waals surface area contributed by atoms with Crippen molar-refractivity contribution in [1.29, 1.82) is 0 Å². The minimum Gasteiger partial charge on any atom is -0.352 e. The van der Waals surface area contributed by atoms with Crippen molar-refractivity contribution in [2.24, 2.45) is 0 Å². The Morgan fingerprint density at radius 1 is 1.00 bits per heavy atom. The highest BCUT2D eigenvalue weighted by molar-refractivity contribution is 7.92. The first kappa shape index (κ1) is 28.6. The Morgan fingerprint density at radius 2 is 1.57 bits per heavy atom. The van der Waals surface area contributed by atoms with Gasteiger partial charge in [0.05, 0.1) is 11.9 Å². The second-order valence-electron chi connectivity index (χ2n) is 8.44. The molecule has 0 fully saturated rings. The van der Waals surface area contributed by atoms with Crippen molar-refractivity contribution < 1.29 is 22.8 Å². The van der Waals surface area contributed by atoms with E-state index in [2.05, 4.69) is 5.32 Å². The van der Waals surface area contributed by atoms with Gasteiger partial charge < -0.3 is 10.2 Å². The quantitative estimate of drug-likeness (QED) is 0.459. The molecule has 1 N–H and O–H groups in total. The zero-order chi connectivity index (χ0) is 26.5. The van der Waals surface area contributed by atoms with Gasteiger partial charge in [-0.3, -0.25) is 18.7 Å². The molecule has 0 radical (unpaired) electrons. The van der Waals surface area contributed by atoms with E-state index in [-0.39, 0.29) is 24.1 Å². The van der Waals surface area contributed by atoms with E-state index >= 15 is 0 Å². The molecule has 2 amide bonds. The third-order valence-electron chi connectivity index (χ3n) is 5.21. The van der Waals surface area contributed by atoms with Gasteiger partial charge >= 0.3 is 0 Å². The van der Waals surface area contributed by atoms with E-state index in [0.717, 1.165) is 10.6 Å². The summed E-state index contributed by atoms with van der Waals surface area (Å²) in [4.78, 5) is 39.4. The number of rotatable bonds is 10. The number of hydrogen-bond acceptors (Lipinski definition) is 5. The third-order valence-corrected chi connectivity index (χ3v) is 7.06. The van der Waals surface area contributed by atoms with Gasteiger partial charge in [-0.05, 0) is 52.0 Å². The van der Waals surface area contributed by atoms with Crippen LogP contribution in [-0.2, 0) is 26.2 Å². The number of nitrogens with one attached hydrogen (secondary N) is 1. The maximum Gasteiger partial charge on any atom is 0.244 e. The fourth-order valence-electron chi connectivity index (χ4n) is 3.34. The van der Waals surface area contributed by atoms with E-state index in [1.165, 1.54) is 30.0 Å². The molecule has 0 spiro atoms. The van der Waals surface area contributed by atoms with Gasteiger partial charge in [0.15, 0.2) is 5.78 Å². The van der Waals surface area contributed by atoms with Gasteiger partial charge in [-0.25, -0.2) is 8.42 Å². The number of ketones is 1. The van der Waals surface area contributed by atoms with Crippen LogP contribution in [0.5, 0.6) is 0 Å². The average molecular weight is 542 g/mol. The van der Waals surface area contributed by atoms with E-state index in [4.69, 9.17) is 23.2 Å². The van der Waals surface area contributed by atoms with Crippen molar-refractivity contribution in [1.82, 2.24) is 10.2 Å². The maximum absolute atomic E-state index is 13.5. The summed E-state index contributed by atoms with van der Waals surface area (Å²) in [6.07, 6.45) is 0.963. The molecule has 190 valence electrons. The van der Waals surface area contributed by atoms with Crippen molar-refractivity contribution in [3.8, 4) is 0 Å². The van der Waals surface area contributed by atoms with Crippen LogP contribution in [0.1, 0.15) is 43.6 Å². The van der Waals surface area contributed by atoms with Crippen LogP contribution in [0, 0.1) is 0 Å². The summed E-state index contributed by atoms with van der Waals surface area (Å²) in [5.74, 6) is -1.31. The molecule has 0 aromatic heterocycles. The summed E-state index contributed by atoms with van der Waals surface area (Å²) in [6.45, 7) is 5.77. The van der Waals surface area contributed by atoms with Crippen molar-refractivity contribution >= 4 is 56.5 Å². The zero-order valence-electron chi connectivity index (χ0n) is 20.2. The standard InChI is InChI=1S/C24H29Cl2N3O5S/c1-15(2)27-24(32)16(3)28(13-20-21(25)10-7-11-22(20)26)23(31)14-29(35(5,33)34)19-9-6-8-18(12-19)17(4)30/h6-12,15-16H,13-14H2,1-5H3,(H,27,32)/t16-/m1/s1. The van der Waals surface area contributed by atoms with Gasteiger partial charge in [0.25, 0.3) is 0 Å². The minimum atomic E-state index is -3.92. The SMILES string of the molecule is CC(=O)c1cccc(N(CC(=O)N(Cc2c(Cl)cccc2Cl)[C@H](C)C(=O)NC(C)C)S(C)(=O)=O)c1. The number of halogens is 2. The van der Waals surface area contributed by atoms with Crippen LogP contribution < -0.4 is 9.62 Å². The van der Waals surface area contributed by atoms with Gasteiger partial charge in [-0.15, -0.1) is 0 Å². The van der Waals surface area contributed by atoms with E-state index < -0.39 is 34.4 Å². The molecule has 0 saturated heterocycles. The molecule has 11 heteroatoms. The predicted octanol–water partition coefficient (Wildman–Crippen LogP) is 3.90. The van der Waals surface area contributed by atoms with Gasteiger partial charge in [0.2, 0.25) is 21.8 Å². The van der Waals surface area contributed by atoms with E-state index in [1.807, 2.05) is 0 Å². The number of amides is 2. The summed E-state index contributed by atoms with van der Waals surface area (Å²) in [5, 5.41) is 3.37. The molecule has 35 heavy (non-hydrogen) atoms. The van der Waals surface area contributed by atoms with Crippen LogP contribution in [0.4, 0.5) is 5.69 Å². The van der Waals surface area contributed by atoms with Crippen molar-refractivity contribution in [2.45, 2.75) is 46.3 Å². The lowest BCUT2D eigenvalue weighted by Crippen LogP contribution is -2.52. The second-order valence-corrected chi connectivity index (χ2v) is 11.2. The number of hydrogen-bond donors (Lipinski definition) is 1. The number of nitrogens with zero attached hydrogens (tertiary/aromatic N) is 2. The van der Waals surface area contributed by atoms with Crippen LogP contribution in [0.3, 0.4) is 0 Å². The molecular weight excluding hydrogens is 513 g/mol. The molecule has 2 aromatic carbocycles. The number of carbonyl (C=O) groups is 3. The highest BCUT2D eigenvalue weighted by Gasteiger charge is 2.31. The second kappa shape index (κ2) is 11.9. The largest absolute Gasteiger partial charge is 0.352 e. The van der Waals surface area contributed by atoms with Gasteiger partial charge in [-0.1, -0.05) is 41.4 Å². The Labute approximate surface area is 216 Å². The lowest BCUT2D eigenvalue weighted by molar-refractivity contribution is -0.139. The number of Topliss-reactive ketones (excluding diaryl/α,β-unsaturated/α-hetero) is 1. The first-order valence-corrected chi connectivity index (χ1v) is 13.4. The Morgan fingerprint density at radius 3 is 2.09 bits per heavy atom. The Balaban J connectivity index is 2.49. The molecule has 8 nitrogen and oxygen atoms in total. The molecule has 2 rings (SSSR count). The first-order chi connectivity index (χ1) is 16.2. The summed E-state index contributed by atoms with van der Waals surface area (Å²) in [5.41, 5.74) is 0.884. The number of carbonyl (C=O) groups excluding carboxylic acids is 3. The average Bonchev–Trinajstić information content (AvgIpc) is 2.75. The van der Waals surface area contributed by atoms with Crippen LogP contribution in [0.25, 0.3) is 0 Å². The highest BCUT2D eigenvalue weighted by atomic mass is 35.5. The lowest BCUT2D eigenvalue weighted by Gasteiger charge is -2.32. The molecule has 0 aliphatic heterocycles. The topological polar surface area (TPSA) is 104 Å². The minimum absolute atomic E-state index is 0.116. The van der Waals surface area contributed by atoms with Crippen LogP contribution in [0.15, 0.2) is 42.5 Å². The number of benzene rings is 2. The fraction of sp³-hybridized carbons (Fsp3) is 0.375. The number of sulfonamides is 1. The summed E-state index contributed by atoms with van der Waals surface area (Å²) >= 11 is 12.6. The van der Waals surface area contributed by atoms with Crippen LogP contribution in [0.2, 0.25) is 10.0 Å². The predicted molar refractivity (Wildman–Crippen MR) is 138 cm³/mol. The first-order valence-electron chi connectivity index (χ1n) is 10.8. The van der Waals surface area contributed by atoms with Gasteiger partial charge in [0.1, 0.15) is 12.6 Å². The third kappa shape index (κ3) is 7.68. The maximum atomic E-state index is 13.5. The number of anilines is 1. The molecular formula is C24H29Cl2N3O5S. The summed E-state index contributed by atoms with van der Waals surface area (Å²) < 4.78 is 26.2. The van der Waals surface area contributed by atoms with Crippen LogP contribution >= 0.6 is 23.2 Å². The van der Waals surface area contributed by atoms with Crippen molar-refractivity contribution in [2.75, 3.05) is 17.1 Å². The molecule has 0 saturated carbocycles. The highest BCUT2D eigenvalue weighted by Crippen LogP contribution is 2.27. The monoisotopic (exact) mass is 541 g/mol. The van der Waals surface area contributed by atoms with Crippen molar-refractivity contribution in [3.05, 3.63) is 63.6 Å². The molecule has 2 aromatic rings. The molecule has 0 heterocycles. The normalized spacial score (nSPS) is 12.2. The molecule has 0 aliphatic carbocycles. The fourth-order valence-corrected chi connectivity index (χ4v) is 4.69. The van der Waals surface area contributed by atoms with Crippen LogP contribution in [-0.4, -0.2) is 55.8 Å². The molecule has 0 unspecified atom stereocenters. The van der Waals surface area contributed by atoms with Gasteiger partial charge in [-0.2, -0.15) is 0 Å². The van der Waals surface area contributed by atoms with Crippen molar-refractivity contribution in [3.63, 3.8) is 0 Å².